The molecule has 9 heteroatoms. The molecule has 0 radical (unpaired) electrons. The van der Waals surface area contributed by atoms with Gasteiger partial charge >= 0.3 is 6.09 Å². The first kappa shape index (κ1) is 32.7. The fraction of sp³-hybridized carbons (Fsp3) is 0.613. The first-order valence-electron chi connectivity index (χ1n) is 14.4. The number of nitrogens with one attached hydrogen (secondary N) is 2. The topological polar surface area (TPSA) is 131 Å². The molecule has 1 saturated carbocycles. The van der Waals surface area contributed by atoms with Gasteiger partial charge in [-0.25, -0.2) is 4.79 Å². The van der Waals surface area contributed by atoms with Gasteiger partial charge in [-0.15, -0.1) is 6.42 Å². The molecule has 0 bridgehead atoms. The lowest BCUT2D eigenvalue weighted by Crippen LogP contribution is -2.54. The van der Waals surface area contributed by atoms with E-state index in [1.807, 2.05) is 0 Å². The number of ether oxygens (including phenoxy) is 1. The molecule has 0 saturated heterocycles. The maximum Gasteiger partial charge on any atom is 0.408 e. The number of amides is 4. The number of primary amides is 1. The van der Waals surface area contributed by atoms with Crippen LogP contribution >= 0.6 is 0 Å². The third kappa shape index (κ3) is 10.9. The molecule has 4 N–H and O–H groups in total. The number of carbonyl (C=O) groups excluding carboxylic acids is 4. The maximum atomic E-state index is 14.2. The van der Waals surface area contributed by atoms with Crippen molar-refractivity contribution >= 4 is 23.8 Å². The second-order valence-corrected chi connectivity index (χ2v) is 11.5. The number of nitrogens with two attached hydrogens (primary N) is 1. The van der Waals surface area contributed by atoms with Crippen LogP contribution < -0.4 is 16.4 Å². The Kier molecular flexibility index (Phi) is 13.0. The van der Waals surface area contributed by atoms with E-state index in [0.29, 0.717) is 17.5 Å². The van der Waals surface area contributed by atoms with Crippen LogP contribution in [0.15, 0.2) is 24.3 Å². The van der Waals surface area contributed by atoms with E-state index in [2.05, 4.69) is 23.5 Å². The zero-order valence-electron chi connectivity index (χ0n) is 24.5. The summed E-state index contributed by atoms with van der Waals surface area (Å²) in [7, 11) is 0. The van der Waals surface area contributed by atoms with Crippen molar-refractivity contribution in [3.63, 3.8) is 0 Å². The zero-order valence-corrected chi connectivity index (χ0v) is 24.5. The predicted octanol–water partition coefficient (Wildman–Crippen LogP) is 4.34. The lowest BCUT2D eigenvalue weighted by Gasteiger charge is -2.36. The number of rotatable bonds is 13. The quantitative estimate of drug-likeness (QED) is 0.247. The van der Waals surface area contributed by atoms with Gasteiger partial charge in [-0.3, -0.25) is 14.4 Å². The molecular weight excluding hydrogens is 508 g/mol. The molecule has 1 aliphatic rings. The van der Waals surface area contributed by atoms with Crippen LogP contribution in [0.3, 0.4) is 0 Å². The second-order valence-electron chi connectivity index (χ2n) is 11.5. The molecule has 1 fully saturated rings. The Hall–Kier alpha value is -3.54. The number of nitrogens with zero attached hydrogens (tertiary/aromatic N) is 1. The van der Waals surface area contributed by atoms with E-state index in [1.54, 1.807) is 45.0 Å². The number of hydrogen-bond acceptors (Lipinski definition) is 5. The van der Waals surface area contributed by atoms with E-state index in [9.17, 15) is 19.2 Å². The first-order chi connectivity index (χ1) is 18.9. The summed E-state index contributed by atoms with van der Waals surface area (Å²) in [6.07, 6.45) is 12.1. The molecule has 40 heavy (non-hydrogen) atoms. The van der Waals surface area contributed by atoms with Crippen LogP contribution in [-0.4, -0.2) is 52.9 Å². The van der Waals surface area contributed by atoms with E-state index in [1.165, 1.54) is 4.90 Å². The molecule has 0 aromatic heterocycles. The smallest absolute Gasteiger partial charge is 0.408 e. The van der Waals surface area contributed by atoms with Crippen molar-refractivity contribution in [1.29, 1.82) is 0 Å². The van der Waals surface area contributed by atoms with E-state index in [0.717, 1.165) is 44.9 Å². The first-order valence-corrected chi connectivity index (χ1v) is 14.4. The van der Waals surface area contributed by atoms with Crippen molar-refractivity contribution in [3.05, 3.63) is 35.4 Å². The van der Waals surface area contributed by atoms with E-state index >= 15 is 0 Å². The summed E-state index contributed by atoms with van der Waals surface area (Å²) in [5.41, 5.74) is 5.87. The standard InChI is InChI=1S/C31H46N4O5/c1-6-8-12-21-35(29(38)25(19-20-26(32)36)34-30(39)40-31(3,4)5)27(23-17-15-22(7-2)16-18-23)28(37)33-24-13-10-9-11-14-24/h2,15-18,24-25,27H,6,8-14,19-21H2,1,3-5H3,(H2,32,36)(H,33,37)(H,34,39). The minimum atomic E-state index is -1.11. The van der Waals surface area contributed by atoms with Crippen molar-refractivity contribution in [2.24, 2.45) is 5.73 Å². The average molecular weight is 555 g/mol. The summed E-state index contributed by atoms with van der Waals surface area (Å²) in [4.78, 5) is 53.9. The SMILES string of the molecule is C#Cc1ccc(C(C(=O)NC2CCCCC2)N(CCCCC)C(=O)C(CCC(N)=O)NC(=O)OC(C)(C)C)cc1. The Morgan fingerprint density at radius 1 is 1.10 bits per heavy atom. The van der Waals surface area contributed by atoms with Crippen molar-refractivity contribution in [1.82, 2.24) is 15.5 Å². The molecule has 9 nitrogen and oxygen atoms in total. The molecule has 0 heterocycles. The molecule has 0 aliphatic heterocycles. The third-order valence-corrected chi connectivity index (χ3v) is 6.86. The fourth-order valence-electron chi connectivity index (χ4n) is 4.85. The minimum absolute atomic E-state index is 0.0231. The second kappa shape index (κ2) is 15.9. The number of unbranched alkanes of at least 4 members (excludes halogenated alkanes) is 2. The van der Waals surface area contributed by atoms with E-state index < -0.39 is 35.6 Å². The van der Waals surface area contributed by atoms with Gasteiger partial charge < -0.3 is 26.0 Å². The van der Waals surface area contributed by atoms with Gasteiger partial charge in [0.15, 0.2) is 0 Å². The number of alkyl carbamates (subject to hydrolysis) is 1. The fourth-order valence-corrected chi connectivity index (χ4v) is 4.85. The summed E-state index contributed by atoms with van der Waals surface area (Å²) in [5, 5.41) is 5.80. The predicted molar refractivity (Wildman–Crippen MR) is 155 cm³/mol. The molecule has 1 aromatic rings. The number of terminal acetylenes is 1. The Labute approximate surface area is 239 Å². The molecular formula is C31H46N4O5. The lowest BCUT2D eigenvalue weighted by atomic mass is 9.94. The van der Waals surface area contributed by atoms with Gasteiger partial charge in [0.1, 0.15) is 17.7 Å². The summed E-state index contributed by atoms with van der Waals surface area (Å²) >= 11 is 0. The van der Waals surface area contributed by atoms with Crippen molar-refractivity contribution < 1.29 is 23.9 Å². The highest BCUT2D eigenvalue weighted by molar-refractivity contribution is 5.92. The van der Waals surface area contributed by atoms with Crippen molar-refractivity contribution in [3.8, 4) is 12.3 Å². The molecule has 220 valence electrons. The summed E-state index contributed by atoms with van der Waals surface area (Å²) < 4.78 is 5.39. The largest absolute Gasteiger partial charge is 0.444 e. The van der Waals surface area contributed by atoms with Crippen LogP contribution in [0, 0.1) is 12.3 Å². The number of carbonyl (C=O) groups is 4. The molecule has 2 atom stereocenters. The molecule has 2 rings (SSSR count). The summed E-state index contributed by atoms with van der Waals surface area (Å²) in [5.74, 6) is 1.22. The summed E-state index contributed by atoms with van der Waals surface area (Å²) in [6, 6.07) is 4.99. The average Bonchev–Trinajstić information content (AvgIpc) is 2.90. The monoisotopic (exact) mass is 554 g/mol. The van der Waals surface area contributed by atoms with Crippen LogP contribution in [0.1, 0.15) is 109 Å². The van der Waals surface area contributed by atoms with E-state index in [-0.39, 0.29) is 31.3 Å². The van der Waals surface area contributed by atoms with Crippen LogP contribution in [0.4, 0.5) is 4.79 Å². The maximum absolute atomic E-state index is 14.2. The van der Waals surface area contributed by atoms with Crippen LogP contribution in [0.2, 0.25) is 0 Å². The number of benzene rings is 1. The Morgan fingerprint density at radius 2 is 1.75 bits per heavy atom. The van der Waals surface area contributed by atoms with Crippen molar-refractivity contribution in [2.45, 2.75) is 116 Å². The van der Waals surface area contributed by atoms with Gasteiger partial charge in [0.25, 0.3) is 0 Å². The van der Waals surface area contributed by atoms with Crippen molar-refractivity contribution in [2.75, 3.05) is 6.54 Å². The Morgan fingerprint density at radius 3 is 2.30 bits per heavy atom. The van der Waals surface area contributed by atoms with Gasteiger partial charge in [-0.2, -0.15) is 0 Å². The van der Waals surface area contributed by atoms with Crippen LogP contribution in [-0.2, 0) is 19.1 Å². The van der Waals surface area contributed by atoms with Crippen LogP contribution in [0.5, 0.6) is 0 Å². The summed E-state index contributed by atoms with van der Waals surface area (Å²) in [6.45, 7) is 7.49. The van der Waals surface area contributed by atoms with E-state index in [4.69, 9.17) is 16.9 Å². The normalized spacial score (nSPS) is 15.3. The molecule has 1 aliphatic carbocycles. The van der Waals surface area contributed by atoms with Gasteiger partial charge in [-0.05, 0) is 64.2 Å². The minimum Gasteiger partial charge on any atom is -0.444 e. The molecule has 0 spiro atoms. The number of hydrogen-bond donors (Lipinski definition) is 3. The molecule has 2 unspecified atom stereocenters. The Balaban J connectivity index is 2.49. The lowest BCUT2D eigenvalue weighted by molar-refractivity contribution is -0.143. The highest BCUT2D eigenvalue weighted by Crippen LogP contribution is 2.26. The van der Waals surface area contributed by atoms with Gasteiger partial charge in [0, 0.05) is 24.6 Å². The highest BCUT2D eigenvalue weighted by Gasteiger charge is 2.37. The van der Waals surface area contributed by atoms with Gasteiger partial charge in [-0.1, -0.05) is 57.1 Å². The zero-order chi connectivity index (χ0) is 29.7. The van der Waals surface area contributed by atoms with Crippen LogP contribution in [0.25, 0.3) is 0 Å². The third-order valence-electron chi connectivity index (χ3n) is 6.86. The Bertz CT molecular complexity index is 1040. The molecule has 4 amide bonds. The van der Waals surface area contributed by atoms with Gasteiger partial charge in [0.2, 0.25) is 17.7 Å². The highest BCUT2D eigenvalue weighted by atomic mass is 16.6. The molecule has 1 aromatic carbocycles. The van der Waals surface area contributed by atoms with Gasteiger partial charge in [0.05, 0.1) is 0 Å².